The van der Waals surface area contributed by atoms with E-state index < -0.39 is 12.4 Å². The van der Waals surface area contributed by atoms with Crippen LogP contribution in [0.1, 0.15) is 24.4 Å². The highest BCUT2D eigenvalue weighted by atomic mass is 79.9. The maximum Gasteiger partial charge on any atom is 0.573 e. The molecule has 0 amide bonds. The second kappa shape index (κ2) is 7.94. The molecular formula is C11H14BrClF3NO2. The molecule has 0 unspecified atom stereocenters. The van der Waals surface area contributed by atoms with Crippen molar-refractivity contribution < 1.29 is 23.0 Å². The molecule has 8 heteroatoms. The van der Waals surface area contributed by atoms with Crippen LogP contribution in [0.5, 0.6) is 5.75 Å². The van der Waals surface area contributed by atoms with Crippen molar-refractivity contribution in [2.45, 2.75) is 25.2 Å². The van der Waals surface area contributed by atoms with Gasteiger partial charge in [-0.05, 0) is 31.0 Å². The number of alkyl halides is 3. The molecule has 0 saturated heterocycles. The lowest BCUT2D eigenvalue weighted by Gasteiger charge is -2.18. The molecule has 0 aliphatic rings. The van der Waals surface area contributed by atoms with Crippen LogP contribution in [0.15, 0.2) is 22.7 Å². The first-order valence-electron chi connectivity index (χ1n) is 5.25. The molecule has 1 aromatic carbocycles. The molecule has 0 fully saturated rings. The summed E-state index contributed by atoms with van der Waals surface area (Å²) in [5, 5.41) is 8.70. The van der Waals surface area contributed by atoms with Crippen molar-refractivity contribution in [3.63, 3.8) is 0 Å². The zero-order chi connectivity index (χ0) is 13.8. The Bertz CT molecular complexity index is 404. The van der Waals surface area contributed by atoms with Gasteiger partial charge in [-0.2, -0.15) is 0 Å². The molecule has 110 valence electrons. The van der Waals surface area contributed by atoms with Gasteiger partial charge < -0.3 is 15.6 Å². The Hall–Kier alpha value is -0.500. The number of nitrogens with two attached hydrogens (primary N) is 1. The third-order valence-electron chi connectivity index (χ3n) is 2.27. The SMILES string of the molecule is Cl.N[C@@H](CCCO)c1cc(Br)ccc1OC(F)(F)F. The number of rotatable bonds is 5. The van der Waals surface area contributed by atoms with Crippen molar-refractivity contribution in [1.29, 1.82) is 0 Å². The standard InChI is InChI=1S/C11H13BrF3NO2.ClH/c12-7-3-4-10(18-11(13,14)15)8(6-7)9(16)2-1-5-17;/h3-4,6,9,17H,1-2,5,16H2;1H/t9-;/m0./s1. The minimum atomic E-state index is -4.75. The van der Waals surface area contributed by atoms with Crippen LogP contribution in [0.4, 0.5) is 13.2 Å². The zero-order valence-corrected chi connectivity index (χ0v) is 12.2. The summed E-state index contributed by atoms with van der Waals surface area (Å²) in [5.41, 5.74) is 6.05. The van der Waals surface area contributed by atoms with Crippen LogP contribution >= 0.6 is 28.3 Å². The van der Waals surface area contributed by atoms with Crippen LogP contribution in [0.3, 0.4) is 0 Å². The number of ether oxygens (including phenoxy) is 1. The van der Waals surface area contributed by atoms with E-state index in [9.17, 15) is 13.2 Å². The van der Waals surface area contributed by atoms with Crippen molar-refractivity contribution >= 4 is 28.3 Å². The Labute approximate surface area is 123 Å². The van der Waals surface area contributed by atoms with Gasteiger partial charge in [0.25, 0.3) is 0 Å². The van der Waals surface area contributed by atoms with E-state index in [1.54, 1.807) is 0 Å². The fraction of sp³-hybridized carbons (Fsp3) is 0.455. The third kappa shape index (κ3) is 6.47. The molecule has 3 nitrogen and oxygen atoms in total. The molecule has 0 saturated carbocycles. The van der Waals surface area contributed by atoms with Gasteiger partial charge in [0.05, 0.1) is 0 Å². The van der Waals surface area contributed by atoms with E-state index in [4.69, 9.17) is 10.8 Å². The van der Waals surface area contributed by atoms with Gasteiger partial charge >= 0.3 is 6.36 Å². The zero-order valence-electron chi connectivity index (χ0n) is 9.78. The predicted octanol–water partition coefficient (Wildman–Crippen LogP) is 3.54. The summed E-state index contributed by atoms with van der Waals surface area (Å²) in [6, 6.07) is 3.53. The molecule has 1 aromatic rings. The van der Waals surface area contributed by atoms with E-state index in [0.717, 1.165) is 0 Å². The first-order valence-corrected chi connectivity index (χ1v) is 6.04. The predicted molar refractivity (Wildman–Crippen MR) is 71.3 cm³/mol. The van der Waals surface area contributed by atoms with Crippen LogP contribution in [-0.4, -0.2) is 18.1 Å². The minimum Gasteiger partial charge on any atom is -0.405 e. The maximum atomic E-state index is 12.2. The Morgan fingerprint density at radius 3 is 2.53 bits per heavy atom. The van der Waals surface area contributed by atoms with Gasteiger partial charge in [0.15, 0.2) is 0 Å². The lowest BCUT2D eigenvalue weighted by molar-refractivity contribution is -0.275. The van der Waals surface area contributed by atoms with E-state index in [1.807, 2.05) is 0 Å². The molecule has 0 radical (unpaired) electrons. The van der Waals surface area contributed by atoms with E-state index in [1.165, 1.54) is 18.2 Å². The summed E-state index contributed by atoms with van der Waals surface area (Å²) in [5.74, 6) is -0.309. The van der Waals surface area contributed by atoms with Crippen molar-refractivity contribution in [3.05, 3.63) is 28.2 Å². The second-order valence-electron chi connectivity index (χ2n) is 3.70. The van der Waals surface area contributed by atoms with Crippen LogP contribution in [0, 0.1) is 0 Å². The number of aliphatic hydroxyl groups excluding tert-OH is 1. The quantitative estimate of drug-likeness (QED) is 0.840. The summed E-state index contributed by atoms with van der Waals surface area (Å²) in [4.78, 5) is 0. The Morgan fingerprint density at radius 2 is 2.00 bits per heavy atom. The molecule has 0 aromatic heterocycles. The summed E-state index contributed by atoms with van der Waals surface area (Å²) >= 11 is 3.17. The lowest BCUT2D eigenvalue weighted by Crippen LogP contribution is -2.20. The normalized spacial score (nSPS) is 12.7. The number of halogens is 5. The molecule has 1 atom stereocenters. The summed E-state index contributed by atoms with van der Waals surface area (Å²) in [7, 11) is 0. The van der Waals surface area contributed by atoms with Gasteiger partial charge in [-0.25, -0.2) is 0 Å². The maximum absolute atomic E-state index is 12.2. The van der Waals surface area contributed by atoms with Crippen LogP contribution < -0.4 is 10.5 Å². The van der Waals surface area contributed by atoms with Crippen molar-refractivity contribution in [2.24, 2.45) is 5.73 Å². The lowest BCUT2D eigenvalue weighted by atomic mass is 10.0. The highest BCUT2D eigenvalue weighted by molar-refractivity contribution is 9.10. The van der Waals surface area contributed by atoms with Crippen molar-refractivity contribution in [3.8, 4) is 5.75 Å². The molecule has 1 rings (SSSR count). The topological polar surface area (TPSA) is 55.5 Å². The summed E-state index contributed by atoms with van der Waals surface area (Å²) in [6.45, 7) is -0.0584. The molecule has 19 heavy (non-hydrogen) atoms. The average Bonchev–Trinajstić information content (AvgIpc) is 2.26. The Kier molecular flexibility index (Phi) is 7.73. The molecule has 0 heterocycles. The first-order chi connectivity index (χ1) is 8.33. The van der Waals surface area contributed by atoms with Gasteiger partial charge in [0.2, 0.25) is 0 Å². The fourth-order valence-corrected chi connectivity index (χ4v) is 1.87. The smallest absolute Gasteiger partial charge is 0.405 e. The highest BCUT2D eigenvalue weighted by Gasteiger charge is 2.32. The fourth-order valence-electron chi connectivity index (χ4n) is 1.49. The van der Waals surface area contributed by atoms with Crippen LogP contribution in [-0.2, 0) is 0 Å². The van der Waals surface area contributed by atoms with Crippen molar-refractivity contribution in [1.82, 2.24) is 0 Å². The monoisotopic (exact) mass is 363 g/mol. The van der Waals surface area contributed by atoms with Crippen molar-refractivity contribution in [2.75, 3.05) is 6.61 Å². The number of aliphatic hydroxyl groups is 1. The molecule has 3 N–H and O–H groups in total. The van der Waals surface area contributed by atoms with Gasteiger partial charge in [-0.1, -0.05) is 15.9 Å². The summed E-state index contributed by atoms with van der Waals surface area (Å²) < 4.78 is 41.2. The van der Waals surface area contributed by atoms with E-state index in [2.05, 4.69) is 20.7 Å². The summed E-state index contributed by atoms with van der Waals surface area (Å²) in [6.07, 6.45) is -3.96. The number of hydrogen-bond acceptors (Lipinski definition) is 3. The Morgan fingerprint density at radius 1 is 1.37 bits per heavy atom. The molecule has 0 aliphatic carbocycles. The second-order valence-corrected chi connectivity index (χ2v) is 4.62. The van der Waals surface area contributed by atoms with Gasteiger partial charge in [-0.15, -0.1) is 25.6 Å². The van der Waals surface area contributed by atoms with Gasteiger partial charge in [0, 0.05) is 22.7 Å². The number of hydrogen-bond donors (Lipinski definition) is 2. The molecule has 0 bridgehead atoms. The van der Waals surface area contributed by atoms with Gasteiger partial charge in [-0.3, -0.25) is 0 Å². The first kappa shape index (κ1) is 18.5. The third-order valence-corrected chi connectivity index (χ3v) is 2.76. The molecular weight excluding hydrogens is 350 g/mol. The largest absolute Gasteiger partial charge is 0.573 e. The highest BCUT2D eigenvalue weighted by Crippen LogP contribution is 2.33. The van der Waals surface area contributed by atoms with E-state index in [0.29, 0.717) is 17.3 Å². The van der Waals surface area contributed by atoms with E-state index in [-0.39, 0.29) is 30.3 Å². The van der Waals surface area contributed by atoms with Crippen LogP contribution in [0.25, 0.3) is 0 Å². The Balaban J connectivity index is 0.00000324. The van der Waals surface area contributed by atoms with Crippen LogP contribution in [0.2, 0.25) is 0 Å². The van der Waals surface area contributed by atoms with Gasteiger partial charge in [0.1, 0.15) is 5.75 Å². The minimum absolute atomic E-state index is 0. The molecule has 0 spiro atoms. The molecule has 0 aliphatic heterocycles. The average molecular weight is 365 g/mol. The van der Waals surface area contributed by atoms with E-state index >= 15 is 0 Å². The number of benzene rings is 1.